The molecule has 1 fully saturated rings. The van der Waals surface area contributed by atoms with E-state index in [1.165, 1.54) is 17.1 Å². The molecule has 0 unspecified atom stereocenters. The summed E-state index contributed by atoms with van der Waals surface area (Å²) in [7, 11) is 0. The Labute approximate surface area is 136 Å². The molecule has 0 spiro atoms. The number of carbonyl (C=O) groups excluding carboxylic acids is 1. The lowest BCUT2D eigenvalue weighted by atomic mass is 10.0. The van der Waals surface area contributed by atoms with Crippen LogP contribution in [0.25, 0.3) is 0 Å². The van der Waals surface area contributed by atoms with Crippen molar-refractivity contribution in [3.8, 4) is 0 Å². The van der Waals surface area contributed by atoms with Gasteiger partial charge >= 0.3 is 0 Å². The van der Waals surface area contributed by atoms with E-state index in [-0.39, 0.29) is 5.78 Å². The number of hydrogen-bond donors (Lipinski definition) is 0. The monoisotopic (exact) mass is 311 g/mol. The van der Waals surface area contributed by atoms with Crippen LogP contribution in [0.1, 0.15) is 27.0 Å². The number of aryl methyl sites for hydroxylation is 1. The molecule has 1 heterocycles. The van der Waals surface area contributed by atoms with Crippen LogP contribution in [0.15, 0.2) is 48.5 Å². The summed E-state index contributed by atoms with van der Waals surface area (Å²) in [6.45, 7) is 5.32. The maximum Gasteiger partial charge on any atom is 0.193 e. The fourth-order valence-electron chi connectivity index (χ4n) is 2.73. The summed E-state index contributed by atoms with van der Waals surface area (Å²) < 4.78 is 0. The van der Waals surface area contributed by atoms with Crippen molar-refractivity contribution >= 4 is 17.5 Å². The Bertz CT molecular complexity index is 645. The van der Waals surface area contributed by atoms with E-state index >= 15 is 0 Å². The molecule has 0 amide bonds. The van der Waals surface area contributed by atoms with Crippen molar-refractivity contribution < 1.29 is 4.79 Å². The lowest BCUT2D eigenvalue weighted by molar-refractivity contribution is 0.103. The molecule has 0 aromatic heterocycles. The van der Waals surface area contributed by atoms with E-state index in [9.17, 15) is 4.79 Å². The minimum absolute atomic E-state index is 0.102. The molecule has 1 saturated heterocycles. The normalized spacial score (nSPS) is 15.7. The third kappa shape index (κ3) is 3.79. The number of hydrogen-bond acceptors (Lipinski definition) is 3. The number of carbonyl (C=O) groups is 1. The van der Waals surface area contributed by atoms with Gasteiger partial charge in [-0.25, -0.2) is 0 Å². The van der Waals surface area contributed by atoms with E-state index in [1.807, 2.05) is 55.1 Å². The highest BCUT2D eigenvalue weighted by Crippen LogP contribution is 2.16. The second-order valence-corrected chi connectivity index (χ2v) is 7.01. The second-order valence-electron chi connectivity index (χ2n) is 5.78. The third-order valence-corrected chi connectivity index (χ3v) is 4.95. The number of rotatable bonds is 4. The van der Waals surface area contributed by atoms with Crippen molar-refractivity contribution in [1.29, 1.82) is 0 Å². The number of ketones is 1. The SMILES string of the molecule is Cc1cccc(C(=O)c2ccc(CN3CCSCC3)cc2)c1. The van der Waals surface area contributed by atoms with Gasteiger partial charge in [0.1, 0.15) is 0 Å². The smallest absolute Gasteiger partial charge is 0.193 e. The lowest BCUT2D eigenvalue weighted by Crippen LogP contribution is -2.31. The van der Waals surface area contributed by atoms with Crippen molar-refractivity contribution in [2.75, 3.05) is 24.6 Å². The zero-order valence-electron chi connectivity index (χ0n) is 12.9. The molecule has 22 heavy (non-hydrogen) atoms. The Morgan fingerprint density at radius 1 is 1.05 bits per heavy atom. The summed E-state index contributed by atoms with van der Waals surface area (Å²) in [5, 5.41) is 0. The minimum atomic E-state index is 0.102. The van der Waals surface area contributed by atoms with Crippen molar-refractivity contribution in [3.63, 3.8) is 0 Å². The molecular formula is C19H21NOS. The van der Waals surface area contributed by atoms with Crippen LogP contribution in [0.3, 0.4) is 0 Å². The molecule has 2 aromatic rings. The van der Waals surface area contributed by atoms with Crippen LogP contribution in [-0.2, 0) is 6.54 Å². The summed E-state index contributed by atoms with van der Waals surface area (Å²) in [6, 6.07) is 15.9. The predicted molar refractivity (Wildman–Crippen MR) is 93.7 cm³/mol. The Morgan fingerprint density at radius 3 is 2.45 bits per heavy atom. The van der Waals surface area contributed by atoms with E-state index in [1.54, 1.807) is 0 Å². The molecule has 0 radical (unpaired) electrons. The van der Waals surface area contributed by atoms with Gasteiger partial charge in [0, 0.05) is 42.3 Å². The fraction of sp³-hybridized carbons (Fsp3) is 0.316. The standard InChI is InChI=1S/C19H21NOS/c1-15-3-2-4-18(13-15)19(21)17-7-5-16(6-8-17)14-20-9-11-22-12-10-20/h2-8,13H,9-12,14H2,1H3. The quantitative estimate of drug-likeness (QED) is 0.802. The van der Waals surface area contributed by atoms with Crippen molar-refractivity contribution in [2.24, 2.45) is 0 Å². The van der Waals surface area contributed by atoms with Crippen molar-refractivity contribution in [3.05, 3.63) is 70.8 Å². The largest absolute Gasteiger partial charge is 0.297 e. The predicted octanol–water partition coefficient (Wildman–Crippen LogP) is 3.77. The van der Waals surface area contributed by atoms with Gasteiger partial charge in [-0.2, -0.15) is 11.8 Å². The van der Waals surface area contributed by atoms with Crippen LogP contribution < -0.4 is 0 Å². The zero-order chi connectivity index (χ0) is 15.4. The molecule has 0 atom stereocenters. The topological polar surface area (TPSA) is 20.3 Å². The van der Waals surface area contributed by atoms with Crippen molar-refractivity contribution in [1.82, 2.24) is 4.90 Å². The van der Waals surface area contributed by atoms with Gasteiger partial charge in [0.15, 0.2) is 5.78 Å². The Kier molecular flexibility index (Phi) is 4.96. The molecule has 3 heteroatoms. The van der Waals surface area contributed by atoms with Gasteiger partial charge in [0.05, 0.1) is 0 Å². The minimum Gasteiger partial charge on any atom is -0.297 e. The van der Waals surface area contributed by atoms with Gasteiger partial charge in [-0.3, -0.25) is 9.69 Å². The van der Waals surface area contributed by atoms with E-state index < -0.39 is 0 Å². The molecule has 0 saturated carbocycles. The van der Waals surface area contributed by atoms with Gasteiger partial charge in [-0.05, 0) is 18.6 Å². The summed E-state index contributed by atoms with van der Waals surface area (Å²) in [4.78, 5) is 15.0. The van der Waals surface area contributed by atoms with E-state index in [2.05, 4.69) is 17.0 Å². The lowest BCUT2D eigenvalue weighted by Gasteiger charge is -2.26. The maximum atomic E-state index is 12.5. The average molecular weight is 311 g/mol. The molecule has 0 N–H and O–H groups in total. The molecule has 1 aliphatic heterocycles. The first kappa shape index (κ1) is 15.3. The van der Waals surface area contributed by atoms with Gasteiger partial charge in [0.25, 0.3) is 0 Å². The highest BCUT2D eigenvalue weighted by atomic mass is 32.2. The first-order valence-corrected chi connectivity index (χ1v) is 8.88. The Hall–Kier alpha value is -1.58. The van der Waals surface area contributed by atoms with Crippen molar-refractivity contribution in [2.45, 2.75) is 13.5 Å². The molecule has 1 aliphatic rings. The van der Waals surface area contributed by atoms with Gasteiger partial charge in [-0.15, -0.1) is 0 Å². The molecular weight excluding hydrogens is 290 g/mol. The summed E-state index contributed by atoms with van der Waals surface area (Å²) in [5.74, 6) is 2.55. The number of thioether (sulfide) groups is 1. The molecule has 114 valence electrons. The highest BCUT2D eigenvalue weighted by Gasteiger charge is 2.12. The molecule has 0 bridgehead atoms. The molecule has 2 aromatic carbocycles. The maximum absolute atomic E-state index is 12.5. The van der Waals surface area contributed by atoms with Crippen LogP contribution in [0.2, 0.25) is 0 Å². The Balaban J connectivity index is 1.69. The van der Waals surface area contributed by atoms with Crippen LogP contribution in [-0.4, -0.2) is 35.3 Å². The zero-order valence-corrected chi connectivity index (χ0v) is 13.7. The van der Waals surface area contributed by atoms with E-state index in [4.69, 9.17) is 0 Å². The summed E-state index contributed by atoms with van der Waals surface area (Å²) in [6.07, 6.45) is 0. The van der Waals surface area contributed by atoms with Crippen LogP contribution in [0, 0.1) is 6.92 Å². The highest BCUT2D eigenvalue weighted by molar-refractivity contribution is 7.99. The first-order valence-electron chi connectivity index (χ1n) is 7.73. The molecule has 2 nitrogen and oxygen atoms in total. The van der Waals surface area contributed by atoms with E-state index in [0.717, 1.165) is 36.3 Å². The second kappa shape index (κ2) is 7.12. The number of benzene rings is 2. The summed E-state index contributed by atoms with van der Waals surface area (Å²) in [5.41, 5.74) is 3.93. The molecule has 3 rings (SSSR count). The third-order valence-electron chi connectivity index (χ3n) is 4.01. The summed E-state index contributed by atoms with van der Waals surface area (Å²) >= 11 is 2.03. The van der Waals surface area contributed by atoms with Crippen LogP contribution in [0.4, 0.5) is 0 Å². The molecule has 0 aliphatic carbocycles. The fourth-order valence-corrected chi connectivity index (χ4v) is 3.71. The van der Waals surface area contributed by atoms with E-state index in [0.29, 0.717) is 0 Å². The van der Waals surface area contributed by atoms with Gasteiger partial charge < -0.3 is 0 Å². The van der Waals surface area contributed by atoms with Gasteiger partial charge in [-0.1, -0.05) is 48.0 Å². The van der Waals surface area contributed by atoms with Gasteiger partial charge in [0.2, 0.25) is 0 Å². The first-order chi connectivity index (χ1) is 10.7. The Morgan fingerprint density at radius 2 is 1.77 bits per heavy atom. The number of nitrogens with zero attached hydrogens (tertiary/aromatic N) is 1. The average Bonchev–Trinajstić information content (AvgIpc) is 2.56. The van der Waals surface area contributed by atoms with Crippen LogP contribution >= 0.6 is 11.8 Å². The van der Waals surface area contributed by atoms with Crippen LogP contribution in [0.5, 0.6) is 0 Å².